The van der Waals surface area contributed by atoms with Gasteiger partial charge in [0.25, 0.3) is 0 Å². The maximum atomic E-state index is 4.77. The summed E-state index contributed by atoms with van der Waals surface area (Å²) < 4.78 is 0. The topological polar surface area (TPSA) is 12.5 Å². The summed E-state index contributed by atoms with van der Waals surface area (Å²) >= 11 is 4.03. The van der Waals surface area contributed by atoms with Crippen molar-refractivity contribution in [2.24, 2.45) is 0 Å². The lowest BCUT2D eigenvalue weighted by molar-refractivity contribution is -0.0647. The van der Waals surface area contributed by atoms with E-state index in [1.54, 1.807) is 25.4 Å². The molecule has 2 nitrogen and oxygen atoms in total. The number of allylic oxidation sites excluding steroid dienone is 1. The quantitative estimate of drug-likeness (QED) is 0.450. The van der Waals surface area contributed by atoms with Crippen LogP contribution in [-0.2, 0) is 4.84 Å². The van der Waals surface area contributed by atoms with Crippen LogP contribution >= 0.6 is 12.6 Å². The minimum atomic E-state index is 0.925. The molecule has 0 rings (SSSR count). The van der Waals surface area contributed by atoms with E-state index >= 15 is 0 Å². The zero-order chi connectivity index (χ0) is 6.57. The van der Waals surface area contributed by atoms with Gasteiger partial charge in [-0.3, -0.25) is 9.90 Å². The predicted molar refractivity (Wildman–Crippen MR) is 37.5 cm³/mol. The Kier molecular flexibility index (Phi) is 3.73. The van der Waals surface area contributed by atoms with Gasteiger partial charge in [-0.25, -0.2) is 0 Å². The smallest absolute Gasteiger partial charge is 0.0638 e. The van der Waals surface area contributed by atoms with Crippen molar-refractivity contribution >= 4 is 12.6 Å². The molecule has 0 spiro atoms. The highest BCUT2D eigenvalue weighted by molar-refractivity contribution is 7.84. The maximum Gasteiger partial charge on any atom is 0.0638 e. The minimum absolute atomic E-state index is 0.925. The maximum absolute atomic E-state index is 4.77. The molecule has 0 unspecified atom stereocenters. The van der Waals surface area contributed by atoms with Crippen molar-refractivity contribution in [3.05, 3.63) is 11.1 Å². The summed E-state index contributed by atoms with van der Waals surface area (Å²) in [6.07, 6.45) is 1.78. The molecule has 0 saturated heterocycles. The Balaban J connectivity index is 3.51. The highest BCUT2D eigenvalue weighted by Crippen LogP contribution is 1.97. The first-order valence-electron chi connectivity index (χ1n) is 2.31. The largest absolute Gasteiger partial charge is 0.278 e. The highest BCUT2D eigenvalue weighted by Gasteiger charge is 1.83. The average Bonchev–Trinajstić information content (AvgIpc) is 1.65. The van der Waals surface area contributed by atoms with Crippen LogP contribution in [0.2, 0.25) is 0 Å². The molecule has 0 bridgehead atoms. The van der Waals surface area contributed by atoms with E-state index in [4.69, 9.17) is 4.84 Å². The van der Waals surface area contributed by atoms with Gasteiger partial charge in [-0.15, -0.1) is 12.6 Å². The third kappa shape index (κ3) is 4.02. The van der Waals surface area contributed by atoms with Crippen molar-refractivity contribution in [2.45, 2.75) is 6.92 Å². The number of thiol groups is 1. The van der Waals surface area contributed by atoms with Crippen LogP contribution in [0.3, 0.4) is 0 Å². The second-order valence-electron chi connectivity index (χ2n) is 1.50. The monoisotopic (exact) mass is 133 g/mol. The van der Waals surface area contributed by atoms with Gasteiger partial charge in [0.1, 0.15) is 0 Å². The zero-order valence-corrected chi connectivity index (χ0v) is 6.27. The van der Waals surface area contributed by atoms with Gasteiger partial charge in [0.05, 0.1) is 7.11 Å². The molecule has 3 heteroatoms. The second kappa shape index (κ2) is 3.80. The second-order valence-corrected chi connectivity index (χ2v) is 2.20. The fourth-order valence-corrected chi connectivity index (χ4v) is 0.478. The highest BCUT2D eigenvalue weighted by atomic mass is 32.1. The van der Waals surface area contributed by atoms with Crippen LogP contribution < -0.4 is 0 Å². The summed E-state index contributed by atoms with van der Waals surface area (Å²) in [5, 5.41) is 1.59. The minimum Gasteiger partial charge on any atom is -0.278 e. The zero-order valence-electron chi connectivity index (χ0n) is 5.38. The van der Waals surface area contributed by atoms with Gasteiger partial charge in [0.2, 0.25) is 0 Å². The molecule has 0 aliphatic heterocycles. The molecule has 0 atom stereocenters. The lowest BCUT2D eigenvalue weighted by atomic mass is 10.7. The molecule has 0 radical (unpaired) electrons. The molecule has 0 saturated carbocycles. The lowest BCUT2D eigenvalue weighted by Crippen LogP contribution is -2.07. The van der Waals surface area contributed by atoms with E-state index in [0.29, 0.717) is 0 Å². The molecular weight excluding hydrogens is 122 g/mol. The molecule has 0 aromatic heterocycles. The number of hydrogen-bond acceptors (Lipinski definition) is 3. The number of hydrogen-bond donors (Lipinski definition) is 1. The molecule has 0 aromatic carbocycles. The van der Waals surface area contributed by atoms with E-state index in [2.05, 4.69) is 12.6 Å². The van der Waals surface area contributed by atoms with Crippen LogP contribution in [0.4, 0.5) is 0 Å². The Morgan fingerprint density at radius 1 is 1.75 bits per heavy atom. The summed E-state index contributed by atoms with van der Waals surface area (Å²) in [5.41, 5.74) is 0. The molecule has 0 aliphatic rings. The van der Waals surface area contributed by atoms with Gasteiger partial charge in [0, 0.05) is 13.2 Å². The van der Waals surface area contributed by atoms with Crippen molar-refractivity contribution in [2.75, 3.05) is 14.2 Å². The molecule has 48 valence electrons. The summed E-state index contributed by atoms with van der Waals surface area (Å²) in [6.45, 7) is 1.89. The predicted octanol–water partition coefficient (Wildman–Crippen LogP) is 1.27. The third-order valence-electron chi connectivity index (χ3n) is 0.657. The Morgan fingerprint density at radius 3 is 2.38 bits per heavy atom. The summed E-state index contributed by atoms with van der Waals surface area (Å²) in [5.74, 6) is 0. The summed E-state index contributed by atoms with van der Waals surface area (Å²) in [7, 11) is 3.41. The molecular formula is C5H11NOS. The van der Waals surface area contributed by atoms with Crippen molar-refractivity contribution < 1.29 is 4.84 Å². The van der Waals surface area contributed by atoms with Crippen LogP contribution in [0, 0.1) is 0 Å². The molecule has 0 fully saturated rings. The first-order valence-corrected chi connectivity index (χ1v) is 2.76. The average molecular weight is 133 g/mol. The lowest BCUT2D eigenvalue weighted by Gasteiger charge is -2.08. The van der Waals surface area contributed by atoms with Gasteiger partial charge >= 0.3 is 0 Å². The van der Waals surface area contributed by atoms with Crippen LogP contribution in [0.25, 0.3) is 0 Å². The van der Waals surface area contributed by atoms with E-state index in [1.807, 2.05) is 6.92 Å². The van der Waals surface area contributed by atoms with Gasteiger partial charge in [-0.05, 0) is 11.8 Å². The van der Waals surface area contributed by atoms with Gasteiger partial charge in [-0.2, -0.15) is 0 Å². The van der Waals surface area contributed by atoms with E-state index < -0.39 is 0 Å². The van der Waals surface area contributed by atoms with Crippen molar-refractivity contribution in [3.63, 3.8) is 0 Å². The molecule has 0 N–H and O–H groups in total. The SMILES string of the molecule is CON(C)/C=C(\C)S. The van der Waals surface area contributed by atoms with Crippen LogP contribution in [0.1, 0.15) is 6.92 Å². The Labute approximate surface area is 55.5 Å². The van der Waals surface area contributed by atoms with E-state index in [0.717, 1.165) is 4.91 Å². The first kappa shape index (κ1) is 7.85. The third-order valence-corrected chi connectivity index (χ3v) is 0.772. The van der Waals surface area contributed by atoms with Gasteiger partial charge in [-0.1, -0.05) is 0 Å². The van der Waals surface area contributed by atoms with E-state index in [-0.39, 0.29) is 0 Å². The Hall–Kier alpha value is -0.150. The molecule has 0 heterocycles. The van der Waals surface area contributed by atoms with Crippen LogP contribution in [0.15, 0.2) is 11.1 Å². The summed E-state index contributed by atoms with van der Waals surface area (Å²) in [6, 6.07) is 0. The normalized spacial score (nSPS) is 11.8. The standard InChI is InChI=1S/C5H11NOS/c1-5(8)4-6(2)7-3/h4,8H,1-3H3/b5-4+. The Morgan fingerprint density at radius 2 is 2.25 bits per heavy atom. The molecule has 0 aliphatic carbocycles. The van der Waals surface area contributed by atoms with E-state index in [9.17, 15) is 0 Å². The summed E-state index contributed by atoms with van der Waals surface area (Å²) in [4.78, 5) is 5.69. The molecule has 8 heavy (non-hydrogen) atoms. The van der Waals surface area contributed by atoms with Crippen molar-refractivity contribution in [3.8, 4) is 0 Å². The number of rotatable bonds is 2. The Bertz CT molecular complexity index is 88.4. The first-order chi connectivity index (χ1) is 3.66. The van der Waals surface area contributed by atoms with Crippen LogP contribution in [0.5, 0.6) is 0 Å². The molecule has 0 amide bonds. The van der Waals surface area contributed by atoms with E-state index in [1.165, 1.54) is 0 Å². The molecule has 0 aromatic rings. The van der Waals surface area contributed by atoms with Gasteiger partial charge < -0.3 is 0 Å². The number of hydroxylamine groups is 2. The fraction of sp³-hybridized carbons (Fsp3) is 0.600. The van der Waals surface area contributed by atoms with Gasteiger partial charge in [0.15, 0.2) is 0 Å². The number of nitrogens with zero attached hydrogens (tertiary/aromatic N) is 1. The van der Waals surface area contributed by atoms with Crippen molar-refractivity contribution in [1.29, 1.82) is 0 Å². The van der Waals surface area contributed by atoms with Crippen molar-refractivity contribution in [1.82, 2.24) is 5.06 Å². The fourth-order valence-electron chi connectivity index (χ4n) is 0.316. The van der Waals surface area contributed by atoms with Crippen LogP contribution in [-0.4, -0.2) is 19.2 Å².